The van der Waals surface area contributed by atoms with E-state index in [0.717, 1.165) is 19.5 Å². The minimum absolute atomic E-state index is 0.307. The molecule has 2 fully saturated rings. The minimum atomic E-state index is 0.307. The van der Waals surface area contributed by atoms with Gasteiger partial charge in [0.25, 0.3) is 0 Å². The van der Waals surface area contributed by atoms with Crippen LogP contribution < -0.4 is 0 Å². The second-order valence-corrected chi connectivity index (χ2v) is 5.48. The third kappa shape index (κ3) is 1.69. The lowest BCUT2D eigenvalue weighted by Crippen LogP contribution is -2.29. The van der Waals surface area contributed by atoms with Gasteiger partial charge in [-0.05, 0) is 30.7 Å². The fourth-order valence-electron chi connectivity index (χ4n) is 2.46. The highest BCUT2D eigenvalue weighted by molar-refractivity contribution is 7.10. The Morgan fingerprint density at radius 1 is 1.40 bits per heavy atom. The number of thiophene rings is 1. The van der Waals surface area contributed by atoms with Crippen LogP contribution in [0, 0.1) is 5.92 Å². The Morgan fingerprint density at radius 2 is 2.20 bits per heavy atom. The normalized spacial score (nSPS) is 29.5. The molecular formula is C12H15NOS. The summed E-state index contributed by atoms with van der Waals surface area (Å²) < 4.78 is 0. The summed E-state index contributed by atoms with van der Waals surface area (Å²) in [5.41, 5.74) is 0. The molecule has 1 amide bonds. The van der Waals surface area contributed by atoms with Crippen molar-refractivity contribution in [3.05, 3.63) is 22.4 Å². The number of amides is 1. The molecule has 0 aromatic carbocycles. The molecule has 1 aromatic rings. The molecule has 2 atom stereocenters. The van der Waals surface area contributed by atoms with Crippen molar-refractivity contribution in [2.45, 2.75) is 25.2 Å². The highest BCUT2D eigenvalue weighted by Gasteiger charge is 2.46. The van der Waals surface area contributed by atoms with Crippen LogP contribution >= 0.6 is 11.3 Å². The number of likely N-dealkylation sites (tertiary alicyclic amines) is 1. The van der Waals surface area contributed by atoms with Crippen LogP contribution in [0.5, 0.6) is 0 Å². The molecule has 2 heterocycles. The first-order valence-corrected chi connectivity index (χ1v) is 6.56. The smallest absolute Gasteiger partial charge is 0.226 e. The molecule has 80 valence electrons. The van der Waals surface area contributed by atoms with Crippen molar-refractivity contribution in [1.82, 2.24) is 4.90 Å². The van der Waals surface area contributed by atoms with Crippen molar-refractivity contribution in [2.75, 3.05) is 13.1 Å². The second kappa shape index (κ2) is 3.63. The number of carbonyl (C=O) groups excluding carboxylic acids is 1. The molecule has 2 unspecified atom stereocenters. The van der Waals surface area contributed by atoms with Gasteiger partial charge in [0.2, 0.25) is 5.91 Å². The quantitative estimate of drug-likeness (QED) is 0.751. The van der Waals surface area contributed by atoms with Gasteiger partial charge in [-0.2, -0.15) is 0 Å². The van der Waals surface area contributed by atoms with Crippen molar-refractivity contribution >= 4 is 17.2 Å². The van der Waals surface area contributed by atoms with Gasteiger partial charge in [0.1, 0.15) is 0 Å². The Kier molecular flexibility index (Phi) is 2.28. The Hall–Kier alpha value is -0.830. The monoisotopic (exact) mass is 221 g/mol. The fraction of sp³-hybridized carbons (Fsp3) is 0.583. The Labute approximate surface area is 93.9 Å². The van der Waals surface area contributed by atoms with E-state index in [2.05, 4.69) is 22.4 Å². The topological polar surface area (TPSA) is 20.3 Å². The molecule has 3 rings (SSSR count). The zero-order chi connectivity index (χ0) is 10.3. The molecule has 1 aliphatic heterocycles. The van der Waals surface area contributed by atoms with Gasteiger partial charge < -0.3 is 4.90 Å². The average Bonchev–Trinajstić information content (AvgIpc) is 2.78. The van der Waals surface area contributed by atoms with Crippen molar-refractivity contribution in [1.29, 1.82) is 0 Å². The molecule has 0 spiro atoms. The van der Waals surface area contributed by atoms with Gasteiger partial charge in [-0.1, -0.05) is 6.07 Å². The summed E-state index contributed by atoms with van der Waals surface area (Å²) in [5, 5.41) is 2.10. The molecule has 0 N–H and O–H groups in total. The maximum atomic E-state index is 12.0. The molecule has 0 radical (unpaired) electrons. The summed E-state index contributed by atoms with van der Waals surface area (Å²) in [5.74, 6) is 1.26. The van der Waals surface area contributed by atoms with E-state index in [0.29, 0.717) is 17.7 Å². The maximum Gasteiger partial charge on any atom is 0.226 e. The van der Waals surface area contributed by atoms with E-state index < -0.39 is 0 Å². The first-order valence-electron chi connectivity index (χ1n) is 5.68. The lowest BCUT2D eigenvalue weighted by molar-refractivity contribution is -0.131. The van der Waals surface area contributed by atoms with Crippen LogP contribution in [-0.2, 0) is 4.79 Å². The van der Waals surface area contributed by atoms with Crippen LogP contribution in [0.15, 0.2) is 17.5 Å². The van der Waals surface area contributed by atoms with Crippen LogP contribution in [0.4, 0.5) is 0 Å². The zero-order valence-corrected chi connectivity index (χ0v) is 9.50. The first kappa shape index (κ1) is 9.40. The molecule has 1 aromatic heterocycles. The summed E-state index contributed by atoms with van der Waals surface area (Å²) in [4.78, 5) is 15.5. The standard InChI is InChI=1S/C12H15NOS/c14-12(13-5-1-2-6-13)10-8-9(10)11-4-3-7-15-11/h3-4,7,9-10H,1-2,5-6,8H2. The van der Waals surface area contributed by atoms with Crippen molar-refractivity contribution < 1.29 is 4.79 Å². The molecule has 2 aliphatic rings. The summed E-state index contributed by atoms with van der Waals surface area (Å²) in [6, 6.07) is 4.24. The van der Waals surface area contributed by atoms with E-state index in [-0.39, 0.29) is 0 Å². The predicted molar refractivity (Wildman–Crippen MR) is 61.0 cm³/mol. The third-order valence-corrected chi connectivity index (χ3v) is 4.44. The predicted octanol–water partition coefficient (Wildman–Crippen LogP) is 2.47. The number of hydrogen-bond acceptors (Lipinski definition) is 2. The van der Waals surface area contributed by atoms with Gasteiger partial charge in [0, 0.05) is 29.8 Å². The summed E-state index contributed by atoms with van der Waals surface area (Å²) in [6.45, 7) is 1.99. The largest absolute Gasteiger partial charge is 0.342 e. The van der Waals surface area contributed by atoms with Gasteiger partial charge in [-0.3, -0.25) is 4.79 Å². The van der Waals surface area contributed by atoms with Gasteiger partial charge in [0.05, 0.1) is 0 Å². The maximum absolute atomic E-state index is 12.0. The number of hydrogen-bond donors (Lipinski definition) is 0. The molecule has 15 heavy (non-hydrogen) atoms. The highest BCUT2D eigenvalue weighted by Crippen LogP contribution is 2.50. The third-order valence-electron chi connectivity index (χ3n) is 3.43. The Balaban J connectivity index is 1.64. The molecule has 1 aliphatic carbocycles. The molecule has 1 saturated heterocycles. The SMILES string of the molecule is O=C(C1CC1c1cccs1)N1CCCC1. The number of carbonyl (C=O) groups is 1. The number of nitrogens with zero attached hydrogens (tertiary/aromatic N) is 1. The van der Waals surface area contributed by atoms with Gasteiger partial charge >= 0.3 is 0 Å². The van der Waals surface area contributed by atoms with E-state index in [1.54, 1.807) is 11.3 Å². The molecular weight excluding hydrogens is 206 g/mol. The van der Waals surface area contributed by atoms with Gasteiger partial charge in [0.15, 0.2) is 0 Å². The number of rotatable bonds is 2. The van der Waals surface area contributed by atoms with E-state index in [9.17, 15) is 4.79 Å². The minimum Gasteiger partial charge on any atom is -0.342 e. The Bertz CT molecular complexity index is 354. The fourth-order valence-corrected chi connectivity index (χ4v) is 3.36. The summed E-state index contributed by atoms with van der Waals surface area (Å²) in [6.07, 6.45) is 3.47. The van der Waals surface area contributed by atoms with Crippen molar-refractivity contribution in [3.63, 3.8) is 0 Å². The van der Waals surface area contributed by atoms with Crippen LogP contribution in [0.3, 0.4) is 0 Å². The van der Waals surface area contributed by atoms with Gasteiger partial charge in [-0.15, -0.1) is 11.3 Å². The highest BCUT2D eigenvalue weighted by atomic mass is 32.1. The molecule has 2 nitrogen and oxygen atoms in total. The Morgan fingerprint density at radius 3 is 2.87 bits per heavy atom. The first-order chi connectivity index (χ1) is 7.36. The summed E-state index contributed by atoms with van der Waals surface area (Å²) in [7, 11) is 0. The second-order valence-electron chi connectivity index (χ2n) is 4.50. The molecule has 3 heteroatoms. The lowest BCUT2D eigenvalue weighted by atomic mass is 10.2. The van der Waals surface area contributed by atoms with Crippen molar-refractivity contribution in [3.8, 4) is 0 Å². The van der Waals surface area contributed by atoms with Crippen LogP contribution in [-0.4, -0.2) is 23.9 Å². The average molecular weight is 221 g/mol. The van der Waals surface area contributed by atoms with Crippen molar-refractivity contribution in [2.24, 2.45) is 5.92 Å². The summed E-state index contributed by atoms with van der Waals surface area (Å²) >= 11 is 1.79. The van der Waals surface area contributed by atoms with E-state index in [1.165, 1.54) is 17.7 Å². The van der Waals surface area contributed by atoms with E-state index in [4.69, 9.17) is 0 Å². The van der Waals surface area contributed by atoms with E-state index in [1.807, 2.05) is 0 Å². The van der Waals surface area contributed by atoms with E-state index >= 15 is 0 Å². The van der Waals surface area contributed by atoms with Gasteiger partial charge in [-0.25, -0.2) is 0 Å². The van der Waals surface area contributed by atoms with Crippen LogP contribution in [0.1, 0.15) is 30.1 Å². The molecule has 1 saturated carbocycles. The molecule has 0 bridgehead atoms. The lowest BCUT2D eigenvalue weighted by Gasteiger charge is -2.14. The van der Waals surface area contributed by atoms with Crippen LogP contribution in [0.25, 0.3) is 0 Å². The van der Waals surface area contributed by atoms with Crippen LogP contribution in [0.2, 0.25) is 0 Å². The zero-order valence-electron chi connectivity index (χ0n) is 8.69.